The summed E-state index contributed by atoms with van der Waals surface area (Å²) in [7, 11) is 0. The van der Waals surface area contributed by atoms with Gasteiger partial charge in [0.1, 0.15) is 0 Å². The van der Waals surface area contributed by atoms with Crippen LogP contribution in [0.2, 0.25) is 0 Å². The Balaban J connectivity index is 1.85. The third-order valence-corrected chi connectivity index (χ3v) is 5.21. The van der Waals surface area contributed by atoms with Crippen LogP contribution in [0.15, 0.2) is 29.3 Å². The van der Waals surface area contributed by atoms with Gasteiger partial charge in [-0.1, -0.05) is 31.4 Å². The van der Waals surface area contributed by atoms with Crippen LogP contribution < -0.4 is 0 Å². The van der Waals surface area contributed by atoms with E-state index < -0.39 is 0 Å². The maximum absolute atomic E-state index is 11.9. The highest BCUT2D eigenvalue weighted by Crippen LogP contribution is 2.33. The molecule has 3 rings (SSSR count). The van der Waals surface area contributed by atoms with Gasteiger partial charge in [-0.15, -0.1) is 0 Å². The average molecular weight is 341 g/mol. The smallest absolute Gasteiger partial charge is 0.226 e. The fourth-order valence-corrected chi connectivity index (χ4v) is 3.82. The molecule has 5 nitrogen and oxygen atoms in total. The quantitative estimate of drug-likeness (QED) is 0.821. The molecule has 5 heteroatoms. The Morgan fingerprint density at radius 1 is 0.880 bits per heavy atom. The first-order valence-corrected chi connectivity index (χ1v) is 9.31. The maximum atomic E-state index is 11.9. The Morgan fingerprint density at radius 3 is 1.96 bits per heavy atom. The number of amides is 2. The van der Waals surface area contributed by atoms with E-state index in [2.05, 4.69) is 17.1 Å². The first kappa shape index (κ1) is 17.6. The van der Waals surface area contributed by atoms with Crippen molar-refractivity contribution in [3.8, 4) is 0 Å². The number of guanidine groups is 1. The standard InChI is InChI=1S/C20H27N3O2/c1-15(24)22-13-6-14-23(16(2)25)20(22)21-19-11-9-18(10-12-19)17-7-4-3-5-8-17/h9-12,17H,3-8,13-14H2,1-2H3. The minimum absolute atomic E-state index is 0.0801. The van der Waals surface area contributed by atoms with Crippen LogP contribution in [0.25, 0.3) is 0 Å². The van der Waals surface area contributed by atoms with E-state index in [9.17, 15) is 9.59 Å². The summed E-state index contributed by atoms with van der Waals surface area (Å²) in [6.45, 7) is 4.26. The van der Waals surface area contributed by atoms with Crippen molar-refractivity contribution in [3.05, 3.63) is 29.8 Å². The van der Waals surface area contributed by atoms with Crippen LogP contribution in [0.5, 0.6) is 0 Å². The van der Waals surface area contributed by atoms with Crippen LogP contribution in [0.1, 0.15) is 63.9 Å². The molecule has 0 N–H and O–H groups in total. The second kappa shape index (κ2) is 7.81. The third kappa shape index (κ3) is 4.09. The van der Waals surface area contributed by atoms with Crippen LogP contribution >= 0.6 is 0 Å². The molecule has 1 saturated heterocycles. The van der Waals surface area contributed by atoms with Crippen molar-refractivity contribution in [2.24, 2.45) is 4.99 Å². The van der Waals surface area contributed by atoms with Crippen molar-refractivity contribution < 1.29 is 9.59 Å². The highest BCUT2D eigenvalue weighted by atomic mass is 16.2. The molecule has 0 aromatic heterocycles. The molecule has 2 fully saturated rings. The molecular weight excluding hydrogens is 314 g/mol. The fourth-order valence-electron chi connectivity index (χ4n) is 3.82. The minimum atomic E-state index is -0.0801. The van der Waals surface area contributed by atoms with Gasteiger partial charge in [-0.2, -0.15) is 0 Å². The first-order valence-electron chi connectivity index (χ1n) is 9.31. The lowest BCUT2D eigenvalue weighted by atomic mass is 9.84. The summed E-state index contributed by atoms with van der Waals surface area (Å²) in [5, 5.41) is 0. The second-order valence-electron chi connectivity index (χ2n) is 7.03. The molecule has 0 spiro atoms. The zero-order valence-corrected chi connectivity index (χ0v) is 15.2. The van der Waals surface area contributed by atoms with E-state index in [1.165, 1.54) is 51.5 Å². The molecule has 0 bridgehead atoms. The summed E-state index contributed by atoms with van der Waals surface area (Å²) in [6.07, 6.45) is 7.29. The molecule has 25 heavy (non-hydrogen) atoms. The van der Waals surface area contributed by atoms with Crippen molar-refractivity contribution in [2.75, 3.05) is 13.1 Å². The van der Waals surface area contributed by atoms with E-state index in [-0.39, 0.29) is 11.8 Å². The van der Waals surface area contributed by atoms with E-state index in [1.54, 1.807) is 9.80 Å². The van der Waals surface area contributed by atoms with Gasteiger partial charge in [0.2, 0.25) is 17.8 Å². The molecule has 0 unspecified atom stereocenters. The molecule has 1 aromatic rings. The number of carbonyl (C=O) groups excluding carboxylic acids is 2. The Morgan fingerprint density at radius 2 is 1.44 bits per heavy atom. The van der Waals surface area contributed by atoms with Gasteiger partial charge in [0.15, 0.2) is 0 Å². The van der Waals surface area contributed by atoms with Gasteiger partial charge in [-0.25, -0.2) is 4.99 Å². The molecule has 1 saturated carbocycles. The van der Waals surface area contributed by atoms with Crippen molar-refractivity contribution >= 4 is 23.5 Å². The molecule has 0 atom stereocenters. The zero-order valence-electron chi connectivity index (χ0n) is 15.2. The van der Waals surface area contributed by atoms with E-state index in [0.717, 1.165) is 12.1 Å². The highest BCUT2D eigenvalue weighted by molar-refractivity contribution is 6.04. The summed E-state index contributed by atoms with van der Waals surface area (Å²) in [5.41, 5.74) is 2.16. The fraction of sp³-hybridized carbons (Fsp3) is 0.550. The summed E-state index contributed by atoms with van der Waals surface area (Å²) < 4.78 is 0. The summed E-state index contributed by atoms with van der Waals surface area (Å²) >= 11 is 0. The summed E-state index contributed by atoms with van der Waals surface area (Å²) in [4.78, 5) is 31.7. The van der Waals surface area contributed by atoms with Gasteiger partial charge in [-0.3, -0.25) is 19.4 Å². The van der Waals surface area contributed by atoms with Gasteiger partial charge in [-0.05, 0) is 42.9 Å². The maximum Gasteiger partial charge on any atom is 0.226 e. The number of hydrogen-bond acceptors (Lipinski definition) is 3. The molecule has 1 aromatic carbocycles. The normalized spacial score (nSPS) is 19.0. The predicted molar refractivity (Wildman–Crippen MR) is 98.8 cm³/mol. The minimum Gasteiger partial charge on any atom is -0.282 e. The van der Waals surface area contributed by atoms with Gasteiger partial charge in [0, 0.05) is 26.9 Å². The van der Waals surface area contributed by atoms with Gasteiger partial charge in [0.25, 0.3) is 0 Å². The number of nitrogens with zero attached hydrogens (tertiary/aromatic N) is 3. The molecule has 1 aliphatic heterocycles. The van der Waals surface area contributed by atoms with Crippen LogP contribution in [0.4, 0.5) is 5.69 Å². The van der Waals surface area contributed by atoms with Crippen LogP contribution in [-0.2, 0) is 9.59 Å². The summed E-state index contributed by atoms with van der Waals surface area (Å²) in [6, 6.07) is 8.30. The molecular formula is C20H27N3O2. The average Bonchev–Trinajstić information content (AvgIpc) is 2.63. The Kier molecular flexibility index (Phi) is 5.51. The van der Waals surface area contributed by atoms with E-state index in [4.69, 9.17) is 0 Å². The SMILES string of the molecule is CC(=O)N1CCCN(C(C)=O)C1=Nc1ccc(C2CCCCC2)cc1. The lowest BCUT2D eigenvalue weighted by molar-refractivity contribution is -0.129. The zero-order chi connectivity index (χ0) is 17.8. The third-order valence-electron chi connectivity index (χ3n) is 5.21. The number of aliphatic imine (C=N–C) groups is 1. The first-order chi connectivity index (χ1) is 12.1. The number of benzene rings is 1. The van der Waals surface area contributed by atoms with Crippen LogP contribution in [0.3, 0.4) is 0 Å². The van der Waals surface area contributed by atoms with E-state index in [1.807, 2.05) is 12.1 Å². The van der Waals surface area contributed by atoms with Gasteiger partial charge >= 0.3 is 0 Å². The van der Waals surface area contributed by atoms with Crippen LogP contribution in [-0.4, -0.2) is 40.7 Å². The van der Waals surface area contributed by atoms with Gasteiger partial charge in [0.05, 0.1) is 5.69 Å². The Labute approximate surface area is 149 Å². The molecule has 134 valence electrons. The van der Waals surface area contributed by atoms with Crippen molar-refractivity contribution in [2.45, 2.75) is 58.3 Å². The lowest BCUT2D eigenvalue weighted by Gasteiger charge is -2.35. The highest BCUT2D eigenvalue weighted by Gasteiger charge is 2.29. The summed E-state index contributed by atoms with van der Waals surface area (Å²) in [5.74, 6) is 0.955. The predicted octanol–water partition coefficient (Wildman–Crippen LogP) is 3.82. The molecule has 1 heterocycles. The van der Waals surface area contributed by atoms with Crippen LogP contribution in [0, 0.1) is 0 Å². The lowest BCUT2D eigenvalue weighted by Crippen LogP contribution is -2.53. The number of rotatable bonds is 2. The van der Waals surface area contributed by atoms with Crippen molar-refractivity contribution in [3.63, 3.8) is 0 Å². The van der Waals surface area contributed by atoms with Crippen molar-refractivity contribution in [1.82, 2.24) is 9.80 Å². The molecule has 2 amide bonds. The van der Waals surface area contributed by atoms with E-state index >= 15 is 0 Å². The molecule has 2 aliphatic rings. The Bertz CT molecular complexity index is 636. The van der Waals surface area contributed by atoms with Crippen molar-refractivity contribution in [1.29, 1.82) is 0 Å². The molecule has 1 aliphatic carbocycles. The topological polar surface area (TPSA) is 53.0 Å². The second-order valence-corrected chi connectivity index (χ2v) is 7.03. The largest absolute Gasteiger partial charge is 0.282 e. The van der Waals surface area contributed by atoms with Gasteiger partial charge < -0.3 is 0 Å². The van der Waals surface area contributed by atoms with E-state index in [0.29, 0.717) is 25.0 Å². The number of hydrogen-bond donors (Lipinski definition) is 0. The number of carbonyl (C=O) groups is 2. The monoisotopic (exact) mass is 341 g/mol. The Hall–Kier alpha value is -2.17. The molecule has 0 radical (unpaired) electrons.